The second-order valence-electron chi connectivity index (χ2n) is 5.02. The predicted octanol–water partition coefficient (Wildman–Crippen LogP) is 3.75. The number of ether oxygens (including phenoxy) is 2. The molecule has 0 atom stereocenters. The first kappa shape index (κ1) is 20.8. The number of halogens is 3. The Morgan fingerprint density at radius 3 is 2.26 bits per heavy atom. The van der Waals surface area contributed by atoms with Crippen LogP contribution in [-0.4, -0.2) is 32.2 Å². The molecule has 2 N–H and O–H groups in total. The summed E-state index contributed by atoms with van der Waals surface area (Å²) in [4.78, 5) is 23.8. The molecule has 0 aliphatic rings. The molecule has 7 nitrogen and oxygen atoms in total. The number of hydrogen-bond donors (Lipinski definition) is 2. The molecule has 0 unspecified atom stereocenters. The second-order valence-corrected chi connectivity index (χ2v) is 6.21. The smallest absolute Gasteiger partial charge is 0.329 e. The summed E-state index contributed by atoms with van der Waals surface area (Å²) >= 11 is 17.6. The Labute approximate surface area is 170 Å². The van der Waals surface area contributed by atoms with Crippen LogP contribution >= 0.6 is 34.8 Å². The molecule has 2 amide bonds. The zero-order valence-corrected chi connectivity index (χ0v) is 16.4. The lowest BCUT2D eigenvalue weighted by molar-refractivity contribution is -0.136. The van der Waals surface area contributed by atoms with E-state index in [0.717, 1.165) is 0 Å². The van der Waals surface area contributed by atoms with Gasteiger partial charge in [0.1, 0.15) is 11.5 Å². The number of anilines is 1. The lowest BCUT2D eigenvalue weighted by Gasteiger charge is -2.07. The number of hydrogen-bond acceptors (Lipinski definition) is 5. The van der Waals surface area contributed by atoms with Gasteiger partial charge in [0.15, 0.2) is 0 Å². The van der Waals surface area contributed by atoms with Crippen molar-refractivity contribution in [3.63, 3.8) is 0 Å². The van der Waals surface area contributed by atoms with Crippen LogP contribution < -0.4 is 20.2 Å². The minimum atomic E-state index is -0.990. The molecule has 0 saturated carbocycles. The fourth-order valence-electron chi connectivity index (χ4n) is 1.97. The number of nitrogens with zero attached hydrogens (tertiary/aromatic N) is 1. The monoisotopic (exact) mass is 429 g/mol. The molecular weight excluding hydrogens is 417 g/mol. The van der Waals surface area contributed by atoms with Crippen LogP contribution in [0, 0.1) is 0 Å². The molecule has 2 aromatic rings. The zero-order chi connectivity index (χ0) is 20.0. The maximum absolute atomic E-state index is 11.9. The van der Waals surface area contributed by atoms with Crippen molar-refractivity contribution >= 4 is 58.5 Å². The maximum atomic E-state index is 11.9. The Hall–Kier alpha value is -2.48. The first-order valence-corrected chi connectivity index (χ1v) is 8.50. The third-order valence-electron chi connectivity index (χ3n) is 3.25. The van der Waals surface area contributed by atoms with Gasteiger partial charge in [0.25, 0.3) is 0 Å². The van der Waals surface area contributed by atoms with Gasteiger partial charge in [-0.2, -0.15) is 5.10 Å². The van der Waals surface area contributed by atoms with Gasteiger partial charge in [-0.05, 0) is 30.3 Å². The van der Waals surface area contributed by atoms with E-state index in [0.29, 0.717) is 17.1 Å². The summed E-state index contributed by atoms with van der Waals surface area (Å²) in [6, 6.07) is 7.79. The number of methoxy groups -OCH3 is 2. The van der Waals surface area contributed by atoms with Crippen molar-refractivity contribution in [3.05, 3.63) is 51.0 Å². The summed E-state index contributed by atoms with van der Waals surface area (Å²) in [6.07, 6.45) is 1.32. The van der Waals surface area contributed by atoms with Crippen molar-refractivity contribution < 1.29 is 19.1 Å². The van der Waals surface area contributed by atoms with Crippen LogP contribution in [-0.2, 0) is 9.59 Å². The normalized spacial score (nSPS) is 10.6. The van der Waals surface area contributed by atoms with Gasteiger partial charge >= 0.3 is 11.8 Å². The van der Waals surface area contributed by atoms with E-state index in [-0.39, 0.29) is 20.8 Å². The third-order valence-corrected chi connectivity index (χ3v) is 4.45. The van der Waals surface area contributed by atoms with Gasteiger partial charge in [-0.3, -0.25) is 9.59 Å². The first-order valence-electron chi connectivity index (χ1n) is 7.36. The molecule has 142 valence electrons. The Morgan fingerprint density at radius 1 is 1.00 bits per heavy atom. The van der Waals surface area contributed by atoms with Crippen molar-refractivity contribution in [2.24, 2.45) is 5.10 Å². The summed E-state index contributed by atoms with van der Waals surface area (Å²) in [6.45, 7) is 0. The highest BCUT2D eigenvalue weighted by Gasteiger charge is 2.15. The van der Waals surface area contributed by atoms with Gasteiger partial charge in [0, 0.05) is 11.3 Å². The van der Waals surface area contributed by atoms with E-state index in [1.807, 2.05) is 0 Å². The predicted molar refractivity (Wildman–Crippen MR) is 105 cm³/mol. The van der Waals surface area contributed by atoms with E-state index in [4.69, 9.17) is 44.3 Å². The van der Waals surface area contributed by atoms with Crippen molar-refractivity contribution in [1.29, 1.82) is 0 Å². The minimum absolute atomic E-state index is 0.142. The molecule has 2 aromatic carbocycles. The van der Waals surface area contributed by atoms with Gasteiger partial charge in [-0.1, -0.05) is 34.8 Å². The van der Waals surface area contributed by atoms with E-state index in [1.165, 1.54) is 32.6 Å². The summed E-state index contributed by atoms with van der Waals surface area (Å²) < 4.78 is 10.3. The molecule has 0 heterocycles. The first-order chi connectivity index (χ1) is 12.8. The number of rotatable bonds is 5. The number of nitrogens with one attached hydrogen (secondary N) is 2. The molecule has 0 aliphatic carbocycles. The van der Waals surface area contributed by atoms with Crippen molar-refractivity contribution in [3.8, 4) is 11.5 Å². The molecule has 0 spiro atoms. The summed E-state index contributed by atoms with van der Waals surface area (Å²) in [5.41, 5.74) is 2.88. The number of benzene rings is 2. The van der Waals surface area contributed by atoms with Gasteiger partial charge in [0.05, 0.1) is 35.5 Å². The molecule has 0 aliphatic heterocycles. The molecule has 2 rings (SSSR count). The van der Waals surface area contributed by atoms with Crippen molar-refractivity contribution in [1.82, 2.24) is 5.43 Å². The number of carbonyl (C=O) groups excluding carboxylic acids is 2. The second kappa shape index (κ2) is 9.45. The summed E-state index contributed by atoms with van der Waals surface area (Å²) in [7, 11) is 3.01. The van der Waals surface area contributed by atoms with E-state index in [2.05, 4.69) is 15.8 Å². The van der Waals surface area contributed by atoms with E-state index >= 15 is 0 Å². The van der Waals surface area contributed by atoms with Crippen molar-refractivity contribution in [2.45, 2.75) is 0 Å². The number of carbonyl (C=O) groups is 2. The van der Waals surface area contributed by atoms with E-state index in [9.17, 15) is 9.59 Å². The van der Waals surface area contributed by atoms with Gasteiger partial charge in [-0.25, -0.2) is 5.43 Å². The molecule has 0 radical (unpaired) electrons. The topological polar surface area (TPSA) is 89.0 Å². The number of hydrazone groups is 1. The highest BCUT2D eigenvalue weighted by Crippen LogP contribution is 2.33. The molecule has 10 heteroatoms. The van der Waals surface area contributed by atoms with Crippen LogP contribution in [0.4, 0.5) is 5.69 Å². The fraction of sp³-hybridized carbons (Fsp3) is 0.118. The average molecular weight is 431 g/mol. The van der Waals surface area contributed by atoms with Crippen molar-refractivity contribution in [2.75, 3.05) is 19.5 Å². The number of amides is 2. The Bertz CT molecular complexity index is 880. The average Bonchev–Trinajstić information content (AvgIpc) is 2.65. The van der Waals surface area contributed by atoms with Gasteiger partial charge < -0.3 is 14.8 Å². The Balaban J connectivity index is 2.03. The van der Waals surface area contributed by atoms with E-state index < -0.39 is 11.8 Å². The SMILES string of the molecule is COc1ccc(OC)c(/C=N\NC(=O)C(=O)Nc2cc(Cl)c(Cl)c(Cl)c2)c1. The molecule has 0 aromatic heterocycles. The van der Waals surface area contributed by atoms with Crippen LogP contribution in [0.1, 0.15) is 5.56 Å². The van der Waals surface area contributed by atoms with Gasteiger partial charge in [-0.15, -0.1) is 0 Å². The largest absolute Gasteiger partial charge is 0.497 e. The van der Waals surface area contributed by atoms with Crippen LogP contribution in [0.2, 0.25) is 15.1 Å². The maximum Gasteiger partial charge on any atom is 0.329 e. The van der Waals surface area contributed by atoms with Crippen LogP contribution in [0.3, 0.4) is 0 Å². The molecular formula is C17H14Cl3N3O4. The van der Waals surface area contributed by atoms with Gasteiger partial charge in [0.2, 0.25) is 0 Å². The third kappa shape index (κ3) is 5.50. The molecule has 0 bridgehead atoms. The quantitative estimate of drug-likeness (QED) is 0.327. The Morgan fingerprint density at radius 2 is 1.67 bits per heavy atom. The molecule has 27 heavy (non-hydrogen) atoms. The highest BCUT2D eigenvalue weighted by molar-refractivity contribution is 6.48. The minimum Gasteiger partial charge on any atom is -0.497 e. The molecule has 0 saturated heterocycles. The van der Waals surface area contributed by atoms with Crippen LogP contribution in [0.15, 0.2) is 35.4 Å². The van der Waals surface area contributed by atoms with E-state index in [1.54, 1.807) is 18.2 Å². The summed E-state index contributed by atoms with van der Waals surface area (Å²) in [5, 5.41) is 6.52. The lowest BCUT2D eigenvalue weighted by Crippen LogP contribution is -2.32. The fourth-order valence-corrected chi connectivity index (χ4v) is 2.56. The Kier molecular flexibility index (Phi) is 7.29. The summed E-state index contributed by atoms with van der Waals surface area (Å²) in [5.74, 6) is -0.851. The standard InChI is InChI=1S/C17H14Cl3N3O4/c1-26-11-3-4-14(27-2)9(5-11)8-21-23-17(25)16(24)22-10-6-12(18)15(20)13(19)7-10/h3-8H,1-2H3,(H,22,24)(H,23,25)/b21-8-. The lowest BCUT2D eigenvalue weighted by atomic mass is 10.2. The zero-order valence-electron chi connectivity index (χ0n) is 14.2. The molecule has 0 fully saturated rings. The van der Waals surface area contributed by atoms with Crippen LogP contribution in [0.25, 0.3) is 0 Å². The highest BCUT2D eigenvalue weighted by atomic mass is 35.5. The van der Waals surface area contributed by atoms with Crippen LogP contribution in [0.5, 0.6) is 11.5 Å².